The summed E-state index contributed by atoms with van der Waals surface area (Å²) in [5.74, 6) is -0.0221. The zero-order valence-electron chi connectivity index (χ0n) is 12.4. The Morgan fingerprint density at radius 1 is 1.25 bits per heavy atom. The van der Waals surface area contributed by atoms with E-state index < -0.39 is 17.6 Å². The van der Waals surface area contributed by atoms with Crippen LogP contribution in [0.25, 0.3) is 0 Å². The van der Waals surface area contributed by atoms with Crippen molar-refractivity contribution in [3.05, 3.63) is 57.0 Å². The van der Waals surface area contributed by atoms with E-state index in [2.05, 4.69) is 21.2 Å². The number of amides is 1. The molecular weight excluding hydrogens is 411 g/mol. The second-order valence-electron chi connectivity index (χ2n) is 4.72. The highest BCUT2D eigenvalue weighted by Gasteiger charge is 2.31. The highest BCUT2D eigenvalue weighted by Crippen LogP contribution is 2.34. The van der Waals surface area contributed by atoms with Gasteiger partial charge in [-0.2, -0.15) is 13.2 Å². The smallest absolute Gasteiger partial charge is 0.416 e. The second-order valence-corrected chi connectivity index (χ2v) is 5.99. The van der Waals surface area contributed by atoms with Crippen LogP contribution in [-0.4, -0.2) is 12.5 Å². The zero-order valence-corrected chi connectivity index (χ0v) is 14.7. The monoisotopic (exact) mass is 421 g/mol. The molecule has 128 valence electrons. The summed E-state index contributed by atoms with van der Waals surface area (Å²) in [5, 5.41) is 2.40. The minimum Gasteiger partial charge on any atom is -0.493 e. The summed E-state index contributed by atoms with van der Waals surface area (Å²) in [5.41, 5.74) is -0.754. The molecule has 0 spiro atoms. The van der Waals surface area contributed by atoms with Gasteiger partial charge in [-0.15, -0.1) is 0 Å². The van der Waals surface area contributed by atoms with Crippen LogP contribution in [0, 0.1) is 0 Å². The molecule has 0 saturated heterocycles. The van der Waals surface area contributed by atoms with E-state index in [4.69, 9.17) is 16.3 Å². The summed E-state index contributed by atoms with van der Waals surface area (Å²) < 4.78 is 44.2. The number of benzene rings is 2. The fourth-order valence-electron chi connectivity index (χ4n) is 1.91. The molecule has 0 saturated carbocycles. The maximum atomic E-state index is 12.8. The van der Waals surface area contributed by atoms with Crippen molar-refractivity contribution in [1.82, 2.24) is 0 Å². The van der Waals surface area contributed by atoms with Crippen LogP contribution in [-0.2, 0) is 6.18 Å². The maximum Gasteiger partial charge on any atom is 0.416 e. The average Bonchev–Trinajstić information content (AvgIpc) is 2.50. The van der Waals surface area contributed by atoms with Crippen LogP contribution in [0.2, 0.25) is 5.02 Å². The molecule has 0 unspecified atom stereocenters. The van der Waals surface area contributed by atoms with Crippen molar-refractivity contribution in [2.75, 3.05) is 11.9 Å². The van der Waals surface area contributed by atoms with Crippen molar-refractivity contribution in [1.29, 1.82) is 0 Å². The Kier molecular flexibility index (Phi) is 5.77. The van der Waals surface area contributed by atoms with Crippen molar-refractivity contribution < 1.29 is 22.7 Å². The lowest BCUT2D eigenvalue weighted by molar-refractivity contribution is -0.137. The summed E-state index contributed by atoms with van der Waals surface area (Å²) in [6.45, 7) is 2.28. The molecule has 1 amide bonds. The number of alkyl halides is 3. The Hall–Kier alpha value is -1.73. The van der Waals surface area contributed by atoms with Crippen molar-refractivity contribution in [3.63, 3.8) is 0 Å². The highest BCUT2D eigenvalue weighted by molar-refractivity contribution is 9.10. The number of carbonyl (C=O) groups is 1. The number of hydrogen-bond donors (Lipinski definition) is 1. The fourth-order valence-corrected chi connectivity index (χ4v) is 2.56. The molecule has 1 N–H and O–H groups in total. The van der Waals surface area contributed by atoms with E-state index in [0.29, 0.717) is 16.8 Å². The molecule has 24 heavy (non-hydrogen) atoms. The normalized spacial score (nSPS) is 11.2. The molecule has 0 radical (unpaired) electrons. The fraction of sp³-hybridized carbons (Fsp3) is 0.188. The Morgan fingerprint density at radius 2 is 1.96 bits per heavy atom. The molecule has 0 aliphatic heterocycles. The van der Waals surface area contributed by atoms with Crippen LogP contribution in [0.1, 0.15) is 22.8 Å². The molecule has 0 heterocycles. The lowest BCUT2D eigenvalue weighted by Crippen LogP contribution is -2.13. The Morgan fingerprint density at radius 3 is 2.54 bits per heavy atom. The first-order chi connectivity index (χ1) is 11.2. The van der Waals surface area contributed by atoms with Crippen LogP contribution >= 0.6 is 27.5 Å². The van der Waals surface area contributed by atoms with E-state index >= 15 is 0 Å². The quantitative estimate of drug-likeness (QED) is 0.679. The molecule has 0 atom stereocenters. The molecule has 2 rings (SSSR count). The number of nitrogens with one attached hydrogen (secondary N) is 1. The third-order valence-corrected chi connectivity index (χ3v) is 3.99. The summed E-state index contributed by atoms with van der Waals surface area (Å²) in [6, 6.07) is 7.36. The molecule has 2 aromatic rings. The van der Waals surface area contributed by atoms with E-state index in [1.165, 1.54) is 12.1 Å². The lowest BCUT2D eigenvalue weighted by Gasteiger charge is -2.12. The predicted molar refractivity (Wildman–Crippen MR) is 89.7 cm³/mol. The van der Waals surface area contributed by atoms with Crippen LogP contribution in [0.4, 0.5) is 18.9 Å². The molecule has 0 bridgehead atoms. The lowest BCUT2D eigenvalue weighted by atomic mass is 10.1. The minimum atomic E-state index is -4.52. The first-order valence-electron chi connectivity index (χ1n) is 6.83. The zero-order chi connectivity index (χ0) is 17.9. The van der Waals surface area contributed by atoms with Gasteiger partial charge in [0.2, 0.25) is 0 Å². The van der Waals surface area contributed by atoms with Crippen molar-refractivity contribution in [3.8, 4) is 5.75 Å². The molecule has 8 heteroatoms. The predicted octanol–water partition coefficient (Wildman–Crippen LogP) is 5.77. The second kappa shape index (κ2) is 7.44. The van der Waals surface area contributed by atoms with Gasteiger partial charge >= 0.3 is 6.18 Å². The first kappa shape index (κ1) is 18.6. The molecule has 3 nitrogen and oxygen atoms in total. The molecule has 0 aromatic heterocycles. The largest absolute Gasteiger partial charge is 0.493 e. The van der Waals surface area contributed by atoms with Gasteiger partial charge in [-0.05, 0) is 59.3 Å². The number of halogens is 5. The third kappa shape index (κ3) is 4.42. The van der Waals surface area contributed by atoms with Gasteiger partial charge in [-0.25, -0.2) is 0 Å². The van der Waals surface area contributed by atoms with Crippen LogP contribution in [0.15, 0.2) is 40.9 Å². The Balaban J connectivity index is 2.25. The Bertz CT molecular complexity index is 765. The van der Waals surface area contributed by atoms with E-state index in [0.717, 1.165) is 18.2 Å². The summed E-state index contributed by atoms with van der Waals surface area (Å²) in [6.07, 6.45) is -4.52. The minimum absolute atomic E-state index is 0.0151. The van der Waals surface area contributed by atoms with Gasteiger partial charge in [0.1, 0.15) is 5.75 Å². The SMILES string of the molecule is CCOc1ccc(C(=O)Nc2cc(C(F)(F)F)ccc2Cl)cc1Br. The molecule has 0 fully saturated rings. The number of ether oxygens (including phenoxy) is 1. The first-order valence-corrected chi connectivity index (χ1v) is 8.00. The average molecular weight is 423 g/mol. The van der Waals surface area contributed by atoms with E-state index in [-0.39, 0.29) is 16.3 Å². The van der Waals surface area contributed by atoms with E-state index in [1.807, 2.05) is 6.92 Å². The van der Waals surface area contributed by atoms with Gasteiger partial charge in [-0.3, -0.25) is 4.79 Å². The van der Waals surface area contributed by atoms with Crippen molar-refractivity contribution in [2.24, 2.45) is 0 Å². The maximum absolute atomic E-state index is 12.8. The highest BCUT2D eigenvalue weighted by atomic mass is 79.9. The molecular formula is C16H12BrClF3NO2. The van der Waals surface area contributed by atoms with E-state index in [1.54, 1.807) is 6.07 Å². The van der Waals surface area contributed by atoms with Gasteiger partial charge in [0.15, 0.2) is 0 Å². The summed E-state index contributed by atoms with van der Waals surface area (Å²) >= 11 is 9.14. The summed E-state index contributed by atoms with van der Waals surface area (Å²) in [4.78, 5) is 12.2. The van der Waals surface area contributed by atoms with Crippen LogP contribution in [0.5, 0.6) is 5.75 Å². The third-order valence-electron chi connectivity index (χ3n) is 3.04. The molecule has 0 aliphatic rings. The number of hydrogen-bond acceptors (Lipinski definition) is 2. The summed E-state index contributed by atoms with van der Waals surface area (Å²) in [7, 11) is 0. The molecule has 2 aromatic carbocycles. The standard InChI is InChI=1S/C16H12BrClF3NO2/c1-2-24-14-6-3-9(7-11(14)17)15(23)22-13-8-10(16(19,20)21)4-5-12(13)18/h3-8H,2H2,1H3,(H,22,23). The number of rotatable bonds is 4. The Labute approximate surface area is 149 Å². The van der Waals surface area contributed by atoms with Crippen molar-refractivity contribution >= 4 is 39.1 Å². The van der Waals surface area contributed by atoms with Crippen LogP contribution in [0.3, 0.4) is 0 Å². The van der Waals surface area contributed by atoms with Gasteiger partial charge in [0.05, 0.1) is 27.4 Å². The van der Waals surface area contributed by atoms with Gasteiger partial charge in [0.25, 0.3) is 5.91 Å². The van der Waals surface area contributed by atoms with Crippen LogP contribution < -0.4 is 10.1 Å². The number of anilines is 1. The van der Waals surface area contributed by atoms with Crippen molar-refractivity contribution in [2.45, 2.75) is 13.1 Å². The topological polar surface area (TPSA) is 38.3 Å². The van der Waals surface area contributed by atoms with Gasteiger partial charge < -0.3 is 10.1 Å². The molecule has 0 aliphatic carbocycles. The van der Waals surface area contributed by atoms with Gasteiger partial charge in [0, 0.05) is 5.56 Å². The van der Waals surface area contributed by atoms with E-state index in [9.17, 15) is 18.0 Å². The number of carbonyl (C=O) groups excluding carboxylic acids is 1. The van der Waals surface area contributed by atoms with Gasteiger partial charge in [-0.1, -0.05) is 11.6 Å².